The van der Waals surface area contributed by atoms with E-state index in [9.17, 15) is 14.4 Å². The number of fused-ring (bicyclic) bond motifs is 1. The van der Waals surface area contributed by atoms with Gasteiger partial charge in [0.2, 0.25) is 11.8 Å². The molecule has 0 radical (unpaired) electrons. The second kappa shape index (κ2) is 8.01. The second-order valence-electron chi connectivity index (χ2n) is 8.07. The maximum atomic E-state index is 13.0. The van der Waals surface area contributed by atoms with Gasteiger partial charge in [0.25, 0.3) is 5.91 Å². The Morgan fingerprint density at radius 2 is 2.04 bits per heavy atom. The highest BCUT2D eigenvalue weighted by Crippen LogP contribution is 2.29. The molecular formula is C21H28N4O3. The summed E-state index contributed by atoms with van der Waals surface area (Å²) < 4.78 is 0. The molecule has 0 bridgehead atoms. The summed E-state index contributed by atoms with van der Waals surface area (Å²) in [6.07, 6.45) is 4.37. The number of piperidine rings is 2. The lowest BCUT2D eigenvalue weighted by Crippen LogP contribution is -2.52. The van der Waals surface area contributed by atoms with Gasteiger partial charge >= 0.3 is 0 Å². The van der Waals surface area contributed by atoms with Gasteiger partial charge in [0.15, 0.2) is 0 Å². The number of rotatable bonds is 5. The molecule has 1 aromatic rings. The Bertz CT molecular complexity index is 792. The topological polar surface area (TPSA) is 81.8 Å². The molecule has 7 nitrogen and oxygen atoms in total. The molecule has 7 heteroatoms. The highest BCUT2D eigenvalue weighted by atomic mass is 16.2. The van der Waals surface area contributed by atoms with Crippen molar-refractivity contribution in [3.05, 3.63) is 34.9 Å². The molecule has 0 spiro atoms. The summed E-state index contributed by atoms with van der Waals surface area (Å²) >= 11 is 0. The van der Waals surface area contributed by atoms with Crippen molar-refractivity contribution in [1.29, 1.82) is 0 Å². The first kappa shape index (κ1) is 19.1. The lowest BCUT2D eigenvalue weighted by molar-refractivity contribution is -0.136. The van der Waals surface area contributed by atoms with Crippen molar-refractivity contribution in [2.75, 3.05) is 20.1 Å². The molecule has 4 rings (SSSR count). The lowest BCUT2D eigenvalue weighted by atomic mass is 10.00. The van der Waals surface area contributed by atoms with Crippen LogP contribution in [0.5, 0.6) is 0 Å². The lowest BCUT2D eigenvalue weighted by Gasteiger charge is -2.35. The Hall–Kier alpha value is -2.25. The van der Waals surface area contributed by atoms with E-state index in [0.717, 1.165) is 30.8 Å². The monoisotopic (exact) mass is 384 g/mol. The SMILES string of the molecule is CNC[C@@H]1CCCCN1Cc1ccc2c(c1)C(=O)N(C1CCC(=O)NC1=O)C2. The summed E-state index contributed by atoms with van der Waals surface area (Å²) in [7, 11) is 1.99. The van der Waals surface area contributed by atoms with Crippen LogP contribution in [-0.2, 0) is 22.7 Å². The van der Waals surface area contributed by atoms with E-state index in [4.69, 9.17) is 0 Å². The maximum absolute atomic E-state index is 13.0. The minimum Gasteiger partial charge on any atom is -0.322 e. The summed E-state index contributed by atoms with van der Waals surface area (Å²) in [6.45, 7) is 3.34. The zero-order chi connectivity index (χ0) is 19.7. The molecule has 2 atom stereocenters. The van der Waals surface area contributed by atoms with E-state index >= 15 is 0 Å². The molecule has 3 amide bonds. The van der Waals surface area contributed by atoms with Crippen LogP contribution in [0.1, 0.15) is 53.6 Å². The van der Waals surface area contributed by atoms with Crippen LogP contribution < -0.4 is 10.6 Å². The Morgan fingerprint density at radius 1 is 1.18 bits per heavy atom. The van der Waals surface area contributed by atoms with Gasteiger partial charge in [-0.05, 0) is 50.0 Å². The number of hydrogen-bond donors (Lipinski definition) is 2. The summed E-state index contributed by atoms with van der Waals surface area (Å²) in [4.78, 5) is 40.7. The summed E-state index contributed by atoms with van der Waals surface area (Å²) in [5.74, 6) is -0.719. The van der Waals surface area contributed by atoms with E-state index < -0.39 is 6.04 Å². The zero-order valence-electron chi connectivity index (χ0n) is 16.4. The largest absolute Gasteiger partial charge is 0.322 e. The highest BCUT2D eigenvalue weighted by Gasteiger charge is 2.39. The molecule has 3 aliphatic heterocycles. The van der Waals surface area contributed by atoms with Gasteiger partial charge in [-0.2, -0.15) is 0 Å². The third-order valence-electron chi connectivity index (χ3n) is 6.17. The number of amides is 3. The third-order valence-corrected chi connectivity index (χ3v) is 6.17. The molecule has 3 aliphatic rings. The van der Waals surface area contributed by atoms with Gasteiger partial charge in [-0.3, -0.25) is 24.6 Å². The molecule has 0 saturated carbocycles. The number of imide groups is 1. The number of nitrogens with zero attached hydrogens (tertiary/aromatic N) is 2. The van der Waals surface area contributed by atoms with E-state index in [1.807, 2.05) is 19.2 Å². The predicted octanol–water partition coefficient (Wildman–Crippen LogP) is 1.02. The highest BCUT2D eigenvalue weighted by molar-refractivity contribution is 6.05. The molecule has 1 aromatic carbocycles. The van der Waals surface area contributed by atoms with Crippen molar-refractivity contribution >= 4 is 17.7 Å². The van der Waals surface area contributed by atoms with Crippen molar-refractivity contribution in [2.24, 2.45) is 0 Å². The molecule has 1 unspecified atom stereocenters. The number of likely N-dealkylation sites (N-methyl/N-ethyl adjacent to an activating group) is 1. The predicted molar refractivity (Wildman–Crippen MR) is 104 cm³/mol. The van der Waals surface area contributed by atoms with Crippen LogP contribution in [0.4, 0.5) is 0 Å². The summed E-state index contributed by atoms with van der Waals surface area (Å²) in [6, 6.07) is 6.09. The number of hydrogen-bond acceptors (Lipinski definition) is 5. The minimum atomic E-state index is -0.553. The van der Waals surface area contributed by atoms with Crippen LogP contribution in [0, 0.1) is 0 Å². The van der Waals surface area contributed by atoms with Gasteiger partial charge in [-0.25, -0.2) is 0 Å². The maximum Gasteiger partial charge on any atom is 0.255 e. The fourth-order valence-electron chi connectivity index (χ4n) is 4.67. The van der Waals surface area contributed by atoms with E-state index in [-0.39, 0.29) is 24.1 Å². The molecule has 2 saturated heterocycles. The smallest absolute Gasteiger partial charge is 0.255 e. The first-order valence-electron chi connectivity index (χ1n) is 10.2. The van der Waals surface area contributed by atoms with Gasteiger partial charge in [-0.1, -0.05) is 18.6 Å². The Labute approximate surface area is 165 Å². The minimum absolute atomic E-state index is 0.100. The molecule has 3 heterocycles. The average Bonchev–Trinajstić information content (AvgIpc) is 3.00. The van der Waals surface area contributed by atoms with Crippen LogP contribution in [-0.4, -0.2) is 59.7 Å². The molecule has 150 valence electrons. The van der Waals surface area contributed by atoms with Gasteiger partial charge in [0, 0.05) is 37.7 Å². The van der Waals surface area contributed by atoms with Crippen molar-refractivity contribution in [3.8, 4) is 0 Å². The van der Waals surface area contributed by atoms with E-state index in [0.29, 0.717) is 24.6 Å². The molecule has 0 aliphatic carbocycles. The Morgan fingerprint density at radius 3 is 2.82 bits per heavy atom. The molecular weight excluding hydrogens is 356 g/mol. The Balaban J connectivity index is 1.48. The molecule has 2 N–H and O–H groups in total. The van der Waals surface area contributed by atoms with Gasteiger partial charge < -0.3 is 10.2 Å². The number of benzene rings is 1. The molecule has 0 aromatic heterocycles. The van der Waals surface area contributed by atoms with Gasteiger partial charge in [0.1, 0.15) is 6.04 Å². The zero-order valence-corrected chi connectivity index (χ0v) is 16.4. The van der Waals surface area contributed by atoms with Crippen molar-refractivity contribution in [2.45, 2.75) is 57.3 Å². The third kappa shape index (κ3) is 3.69. The average molecular weight is 384 g/mol. The van der Waals surface area contributed by atoms with Crippen molar-refractivity contribution in [3.63, 3.8) is 0 Å². The van der Waals surface area contributed by atoms with Crippen LogP contribution in [0.3, 0.4) is 0 Å². The van der Waals surface area contributed by atoms with Crippen LogP contribution in [0.15, 0.2) is 18.2 Å². The molecule has 2 fully saturated rings. The number of likely N-dealkylation sites (tertiary alicyclic amines) is 1. The fourth-order valence-corrected chi connectivity index (χ4v) is 4.67. The number of carbonyl (C=O) groups is 3. The van der Waals surface area contributed by atoms with Crippen molar-refractivity contribution < 1.29 is 14.4 Å². The van der Waals surface area contributed by atoms with E-state index in [1.54, 1.807) is 4.90 Å². The molecule has 28 heavy (non-hydrogen) atoms. The number of carbonyl (C=O) groups excluding carboxylic acids is 3. The van der Waals surface area contributed by atoms with Gasteiger partial charge in [0.05, 0.1) is 0 Å². The van der Waals surface area contributed by atoms with Crippen LogP contribution in [0.2, 0.25) is 0 Å². The van der Waals surface area contributed by atoms with E-state index in [2.05, 4.69) is 21.6 Å². The van der Waals surface area contributed by atoms with Crippen molar-refractivity contribution in [1.82, 2.24) is 20.4 Å². The van der Waals surface area contributed by atoms with E-state index in [1.165, 1.54) is 19.3 Å². The number of nitrogens with one attached hydrogen (secondary N) is 2. The van der Waals surface area contributed by atoms with Gasteiger partial charge in [-0.15, -0.1) is 0 Å². The van der Waals surface area contributed by atoms with Crippen LogP contribution >= 0.6 is 0 Å². The summed E-state index contributed by atoms with van der Waals surface area (Å²) in [5, 5.41) is 5.64. The Kier molecular flexibility index (Phi) is 5.46. The first-order valence-corrected chi connectivity index (χ1v) is 10.2. The summed E-state index contributed by atoms with van der Waals surface area (Å²) in [5.41, 5.74) is 2.80. The van der Waals surface area contributed by atoms with Crippen LogP contribution in [0.25, 0.3) is 0 Å². The standard InChI is InChI=1S/C21H28N4O3/c1-22-11-16-4-2-3-9-24(16)12-14-5-6-15-13-25(21(28)17(15)10-14)18-7-8-19(26)23-20(18)27/h5-6,10,16,18,22H,2-4,7-9,11-13H2,1H3,(H,23,26,27)/t16-,18?/m0/s1. The quantitative estimate of drug-likeness (QED) is 0.741. The fraction of sp³-hybridized carbons (Fsp3) is 0.571. The second-order valence-corrected chi connectivity index (χ2v) is 8.07. The normalized spacial score (nSPS) is 25.8. The first-order chi connectivity index (χ1) is 13.6.